The highest BCUT2D eigenvalue weighted by atomic mass is 32.1. The van der Waals surface area contributed by atoms with Crippen molar-refractivity contribution in [1.82, 2.24) is 14.9 Å². The van der Waals surface area contributed by atoms with Gasteiger partial charge < -0.3 is 15.2 Å². The molecule has 0 saturated carbocycles. The number of thiophene rings is 1. The lowest BCUT2D eigenvalue weighted by molar-refractivity contribution is 0.103. The van der Waals surface area contributed by atoms with Crippen LogP contribution in [-0.2, 0) is 6.54 Å². The molecular weight excluding hydrogens is 458 g/mol. The summed E-state index contributed by atoms with van der Waals surface area (Å²) in [5, 5.41) is 3.49. The number of anilines is 2. The summed E-state index contributed by atoms with van der Waals surface area (Å²) in [4.78, 5) is 39.5. The van der Waals surface area contributed by atoms with Crippen molar-refractivity contribution in [3.8, 4) is 0 Å². The first-order valence-electron chi connectivity index (χ1n) is 11.8. The number of fused-ring (bicyclic) bond motifs is 1. The summed E-state index contributed by atoms with van der Waals surface area (Å²) in [7, 11) is 0. The summed E-state index contributed by atoms with van der Waals surface area (Å²) in [5.41, 5.74) is 4.64. The average Bonchev–Trinajstić information content (AvgIpc) is 3.18. The number of aromatic amines is 1. The van der Waals surface area contributed by atoms with Crippen LogP contribution in [0.2, 0.25) is 0 Å². The number of hydrogen-bond donors (Lipinski definition) is 2. The summed E-state index contributed by atoms with van der Waals surface area (Å²) < 4.78 is 0. The number of H-pyrrole nitrogens is 1. The molecule has 8 heteroatoms. The third-order valence-electron chi connectivity index (χ3n) is 6.55. The van der Waals surface area contributed by atoms with Gasteiger partial charge in [0.25, 0.3) is 11.5 Å². The Morgan fingerprint density at radius 2 is 1.80 bits per heavy atom. The smallest absolute Gasteiger partial charge is 0.266 e. The van der Waals surface area contributed by atoms with Gasteiger partial charge in [-0.3, -0.25) is 14.5 Å². The molecule has 2 N–H and O–H groups in total. The molecule has 0 aliphatic carbocycles. The summed E-state index contributed by atoms with van der Waals surface area (Å²) in [6, 6.07) is 16.3. The molecule has 1 fully saturated rings. The van der Waals surface area contributed by atoms with Crippen LogP contribution in [0.5, 0.6) is 0 Å². The van der Waals surface area contributed by atoms with Crippen molar-refractivity contribution in [3.63, 3.8) is 0 Å². The maximum absolute atomic E-state index is 13.0. The third-order valence-corrected chi connectivity index (χ3v) is 7.74. The molecule has 2 aromatic carbocycles. The molecule has 3 heterocycles. The quantitative estimate of drug-likeness (QED) is 0.434. The predicted octanol–water partition coefficient (Wildman–Crippen LogP) is 4.48. The van der Waals surface area contributed by atoms with Gasteiger partial charge in [-0.05, 0) is 50.1 Å². The van der Waals surface area contributed by atoms with Crippen LogP contribution in [0, 0.1) is 20.8 Å². The molecule has 0 radical (unpaired) electrons. The van der Waals surface area contributed by atoms with Crippen molar-refractivity contribution < 1.29 is 4.79 Å². The minimum atomic E-state index is -0.213. The van der Waals surface area contributed by atoms with E-state index in [-0.39, 0.29) is 11.5 Å². The van der Waals surface area contributed by atoms with Crippen molar-refractivity contribution >= 4 is 38.8 Å². The first-order chi connectivity index (χ1) is 16.9. The summed E-state index contributed by atoms with van der Waals surface area (Å²) in [6.07, 6.45) is 0. The minimum absolute atomic E-state index is 0.188. The number of para-hydroxylation sites is 1. The van der Waals surface area contributed by atoms with Crippen LogP contribution >= 0.6 is 11.3 Å². The molecule has 0 bridgehead atoms. The normalized spacial score (nSPS) is 14.4. The Hall–Kier alpha value is -3.49. The highest BCUT2D eigenvalue weighted by Gasteiger charge is 2.22. The number of benzene rings is 2. The van der Waals surface area contributed by atoms with Crippen LogP contribution < -0.4 is 15.8 Å². The molecule has 180 valence electrons. The van der Waals surface area contributed by atoms with E-state index in [1.54, 1.807) is 0 Å². The van der Waals surface area contributed by atoms with E-state index in [2.05, 4.69) is 44.4 Å². The number of carbonyl (C=O) groups excluding carboxylic acids is 1. The fourth-order valence-electron chi connectivity index (χ4n) is 4.63. The van der Waals surface area contributed by atoms with Crippen molar-refractivity contribution in [2.75, 3.05) is 36.4 Å². The van der Waals surface area contributed by atoms with Gasteiger partial charge in [0, 0.05) is 37.6 Å². The van der Waals surface area contributed by atoms with E-state index in [1.807, 2.05) is 45.0 Å². The molecule has 7 nitrogen and oxygen atoms in total. The van der Waals surface area contributed by atoms with E-state index in [0.717, 1.165) is 43.0 Å². The number of rotatable bonds is 5. The topological polar surface area (TPSA) is 81.3 Å². The Balaban J connectivity index is 1.32. The highest BCUT2D eigenvalue weighted by Crippen LogP contribution is 2.28. The standard InChI is InChI=1S/C27H29N5O2S/c1-17-9-10-21(18(2)15-17)28-26(34)24-19(3)23-25(33)29-22(30-27(23)35-24)16-31-11-13-32(14-12-31)20-7-5-4-6-8-20/h4-10,15H,11-14,16H2,1-3H3,(H,28,34)(H,29,30,33). The van der Waals surface area contributed by atoms with Crippen LogP contribution in [0.1, 0.15) is 32.2 Å². The van der Waals surface area contributed by atoms with E-state index >= 15 is 0 Å². The van der Waals surface area contributed by atoms with E-state index in [1.165, 1.54) is 17.0 Å². The van der Waals surface area contributed by atoms with Crippen LogP contribution in [-0.4, -0.2) is 47.0 Å². The summed E-state index contributed by atoms with van der Waals surface area (Å²) in [5.74, 6) is 0.425. The van der Waals surface area contributed by atoms with Crippen molar-refractivity contribution in [3.05, 3.63) is 86.3 Å². The molecule has 0 unspecified atom stereocenters. The number of carbonyl (C=O) groups is 1. The molecule has 4 aromatic rings. The number of piperazine rings is 1. The van der Waals surface area contributed by atoms with E-state index in [4.69, 9.17) is 4.98 Å². The molecule has 1 saturated heterocycles. The number of nitrogens with zero attached hydrogens (tertiary/aromatic N) is 3. The van der Waals surface area contributed by atoms with Crippen LogP contribution in [0.4, 0.5) is 11.4 Å². The monoisotopic (exact) mass is 487 g/mol. The van der Waals surface area contributed by atoms with Crippen LogP contribution in [0.3, 0.4) is 0 Å². The van der Waals surface area contributed by atoms with Gasteiger partial charge in [-0.2, -0.15) is 0 Å². The summed E-state index contributed by atoms with van der Waals surface area (Å²) in [6.45, 7) is 10.0. The van der Waals surface area contributed by atoms with Crippen molar-refractivity contribution in [2.45, 2.75) is 27.3 Å². The fraction of sp³-hybridized carbons (Fsp3) is 0.296. The zero-order chi connectivity index (χ0) is 24.5. The molecule has 0 atom stereocenters. The van der Waals surface area contributed by atoms with Gasteiger partial charge in [0.2, 0.25) is 0 Å². The van der Waals surface area contributed by atoms with Crippen molar-refractivity contribution in [1.29, 1.82) is 0 Å². The first-order valence-corrected chi connectivity index (χ1v) is 12.6. The van der Waals surface area contributed by atoms with Gasteiger partial charge in [-0.15, -0.1) is 11.3 Å². The molecule has 5 rings (SSSR count). The number of aryl methyl sites for hydroxylation is 3. The molecule has 35 heavy (non-hydrogen) atoms. The molecule has 1 aliphatic heterocycles. The molecular formula is C27H29N5O2S. The molecule has 2 aromatic heterocycles. The van der Waals surface area contributed by atoms with Gasteiger partial charge >= 0.3 is 0 Å². The Morgan fingerprint density at radius 1 is 1.06 bits per heavy atom. The van der Waals surface area contributed by atoms with Gasteiger partial charge in [-0.25, -0.2) is 4.98 Å². The Labute approximate surface area is 208 Å². The molecule has 1 aliphatic rings. The average molecular weight is 488 g/mol. The Morgan fingerprint density at radius 3 is 2.51 bits per heavy atom. The van der Waals surface area contributed by atoms with Crippen LogP contribution in [0.25, 0.3) is 10.2 Å². The molecule has 1 amide bonds. The second-order valence-electron chi connectivity index (χ2n) is 9.12. The van der Waals surface area contributed by atoms with E-state index < -0.39 is 0 Å². The fourth-order valence-corrected chi connectivity index (χ4v) is 5.72. The lowest BCUT2D eigenvalue weighted by Crippen LogP contribution is -2.46. The zero-order valence-corrected chi connectivity index (χ0v) is 21.0. The van der Waals surface area contributed by atoms with Gasteiger partial charge in [0.1, 0.15) is 10.7 Å². The second kappa shape index (κ2) is 9.64. The maximum atomic E-state index is 13.0. The van der Waals surface area contributed by atoms with Gasteiger partial charge in [-0.1, -0.05) is 35.9 Å². The van der Waals surface area contributed by atoms with E-state index in [0.29, 0.717) is 33.0 Å². The number of amides is 1. The summed E-state index contributed by atoms with van der Waals surface area (Å²) >= 11 is 1.28. The van der Waals surface area contributed by atoms with Gasteiger partial charge in [0.15, 0.2) is 0 Å². The van der Waals surface area contributed by atoms with E-state index in [9.17, 15) is 9.59 Å². The predicted molar refractivity (Wildman–Crippen MR) is 143 cm³/mol. The Kier molecular flexibility index (Phi) is 6.40. The largest absolute Gasteiger partial charge is 0.369 e. The van der Waals surface area contributed by atoms with Gasteiger partial charge in [0.05, 0.1) is 16.8 Å². The zero-order valence-electron chi connectivity index (χ0n) is 20.2. The lowest BCUT2D eigenvalue weighted by Gasteiger charge is -2.35. The second-order valence-corrected chi connectivity index (χ2v) is 10.1. The third kappa shape index (κ3) is 4.85. The Bertz CT molecular complexity index is 1440. The maximum Gasteiger partial charge on any atom is 0.266 e. The highest BCUT2D eigenvalue weighted by molar-refractivity contribution is 7.20. The molecule has 0 spiro atoms. The minimum Gasteiger partial charge on any atom is -0.369 e. The van der Waals surface area contributed by atoms with Crippen LogP contribution in [0.15, 0.2) is 53.3 Å². The number of hydrogen-bond acceptors (Lipinski definition) is 6. The van der Waals surface area contributed by atoms with Crippen molar-refractivity contribution in [2.24, 2.45) is 0 Å². The lowest BCUT2D eigenvalue weighted by atomic mass is 10.1. The number of aromatic nitrogens is 2. The first kappa shape index (κ1) is 23.3. The SMILES string of the molecule is Cc1ccc(NC(=O)c2sc3nc(CN4CCN(c5ccccc5)CC4)[nH]c(=O)c3c2C)c(C)c1. The number of nitrogens with one attached hydrogen (secondary N) is 2.